The quantitative estimate of drug-likeness (QED) is 0.735. The average Bonchev–Trinajstić information content (AvgIpc) is 3.05. The second kappa shape index (κ2) is 4.38. The first kappa shape index (κ1) is 12.7. The summed E-state index contributed by atoms with van der Waals surface area (Å²) >= 11 is 0. The van der Waals surface area contributed by atoms with E-state index >= 15 is 0 Å². The zero-order chi connectivity index (χ0) is 14.3. The van der Waals surface area contributed by atoms with Gasteiger partial charge >= 0.3 is 0 Å². The molecule has 0 saturated carbocycles. The molecule has 0 bridgehead atoms. The van der Waals surface area contributed by atoms with Gasteiger partial charge in [0, 0.05) is 13.3 Å². The fraction of sp³-hybridized carbons (Fsp3) is 0.308. The van der Waals surface area contributed by atoms with Crippen LogP contribution in [0.25, 0.3) is 17.2 Å². The summed E-state index contributed by atoms with van der Waals surface area (Å²) in [6.07, 6.45) is 3.11. The first-order valence-corrected chi connectivity index (χ1v) is 6.04. The van der Waals surface area contributed by atoms with Crippen molar-refractivity contribution in [2.75, 3.05) is 7.11 Å². The molecule has 104 valence electrons. The Morgan fingerprint density at radius 1 is 1.40 bits per heavy atom. The average molecular weight is 276 g/mol. The predicted octanol–water partition coefficient (Wildman–Crippen LogP) is 2.40. The second-order valence-corrected chi connectivity index (χ2v) is 4.83. The van der Waals surface area contributed by atoms with Crippen molar-refractivity contribution in [3.05, 3.63) is 36.2 Å². The van der Waals surface area contributed by atoms with Crippen molar-refractivity contribution in [1.82, 2.24) is 19.5 Å². The lowest BCUT2D eigenvalue weighted by Gasteiger charge is -2.17. The lowest BCUT2D eigenvalue weighted by Crippen LogP contribution is -2.21. The number of rotatable bonds is 3. The molecule has 0 spiro atoms. The van der Waals surface area contributed by atoms with E-state index in [2.05, 4.69) is 15.1 Å². The van der Waals surface area contributed by atoms with Gasteiger partial charge in [-0.3, -0.25) is 4.40 Å². The monoisotopic (exact) mass is 276 g/mol. The molecule has 7 heteroatoms. The molecule has 3 aromatic heterocycles. The highest BCUT2D eigenvalue weighted by Gasteiger charge is 2.27. The third-order valence-electron chi connectivity index (χ3n) is 3.19. The van der Waals surface area contributed by atoms with Crippen LogP contribution in [0.4, 0.5) is 4.39 Å². The van der Waals surface area contributed by atoms with Crippen LogP contribution >= 0.6 is 0 Å². The molecule has 0 aliphatic carbocycles. The third kappa shape index (κ3) is 1.87. The van der Waals surface area contributed by atoms with Gasteiger partial charge in [-0.05, 0) is 26.0 Å². The highest BCUT2D eigenvalue weighted by molar-refractivity contribution is 5.56. The van der Waals surface area contributed by atoms with E-state index in [0.29, 0.717) is 17.2 Å². The number of hydrogen-bond acceptors (Lipinski definition) is 5. The summed E-state index contributed by atoms with van der Waals surface area (Å²) in [6.45, 7) is 3.65. The van der Waals surface area contributed by atoms with Gasteiger partial charge < -0.3 is 9.26 Å². The lowest BCUT2D eigenvalue weighted by atomic mass is 10.1. The number of fused-ring (bicyclic) bond motifs is 1. The van der Waals surface area contributed by atoms with Gasteiger partial charge in [0.25, 0.3) is 5.89 Å². The summed E-state index contributed by atoms with van der Waals surface area (Å²) in [4.78, 5) is 8.40. The molecule has 0 radical (unpaired) electrons. The number of pyridine rings is 1. The van der Waals surface area contributed by atoms with E-state index in [-0.39, 0.29) is 11.7 Å². The molecule has 0 fully saturated rings. The first-order valence-electron chi connectivity index (χ1n) is 6.04. The molecule has 0 unspecified atom stereocenters. The SMILES string of the molecule is COC(C)(C)c1noc(-c2ncc3c(F)cccn23)n1. The van der Waals surface area contributed by atoms with Crippen LogP contribution in [0, 0.1) is 5.82 Å². The van der Waals surface area contributed by atoms with Gasteiger partial charge in [0.1, 0.15) is 16.9 Å². The van der Waals surface area contributed by atoms with E-state index < -0.39 is 5.60 Å². The maximum Gasteiger partial charge on any atom is 0.294 e. The van der Waals surface area contributed by atoms with Gasteiger partial charge in [-0.1, -0.05) is 5.16 Å². The Balaban J connectivity index is 2.11. The zero-order valence-electron chi connectivity index (χ0n) is 11.3. The largest absolute Gasteiger partial charge is 0.371 e. The van der Waals surface area contributed by atoms with Crippen molar-refractivity contribution < 1.29 is 13.7 Å². The van der Waals surface area contributed by atoms with Gasteiger partial charge in [-0.25, -0.2) is 9.37 Å². The molecule has 0 aliphatic rings. The van der Waals surface area contributed by atoms with E-state index in [1.165, 1.54) is 12.3 Å². The summed E-state index contributed by atoms with van der Waals surface area (Å²) in [5.41, 5.74) is -0.312. The summed E-state index contributed by atoms with van der Waals surface area (Å²) in [5.74, 6) is 0.659. The van der Waals surface area contributed by atoms with Gasteiger partial charge in [-0.15, -0.1) is 0 Å². The summed E-state index contributed by atoms with van der Waals surface area (Å²) in [5, 5.41) is 3.89. The Hall–Kier alpha value is -2.28. The van der Waals surface area contributed by atoms with Crippen LogP contribution < -0.4 is 0 Å². The molecule has 0 amide bonds. The van der Waals surface area contributed by atoms with Crippen LogP contribution in [0.15, 0.2) is 29.0 Å². The van der Waals surface area contributed by atoms with E-state index in [1.807, 2.05) is 13.8 Å². The number of imidazole rings is 1. The van der Waals surface area contributed by atoms with Gasteiger partial charge in [-0.2, -0.15) is 4.98 Å². The molecule has 0 aliphatic heterocycles. The molecule has 3 heterocycles. The van der Waals surface area contributed by atoms with Crippen LogP contribution in [0.2, 0.25) is 0 Å². The number of ether oxygens (including phenoxy) is 1. The molecular weight excluding hydrogens is 263 g/mol. The Labute approximate surface area is 114 Å². The van der Waals surface area contributed by atoms with E-state index in [1.54, 1.807) is 23.8 Å². The van der Waals surface area contributed by atoms with Crippen molar-refractivity contribution in [1.29, 1.82) is 0 Å². The van der Waals surface area contributed by atoms with Crippen molar-refractivity contribution in [2.24, 2.45) is 0 Å². The molecule has 0 N–H and O–H groups in total. The summed E-state index contributed by atoms with van der Waals surface area (Å²) < 4.78 is 25.7. The first-order chi connectivity index (χ1) is 9.53. The van der Waals surface area contributed by atoms with Crippen LogP contribution in [-0.4, -0.2) is 26.6 Å². The Morgan fingerprint density at radius 2 is 2.20 bits per heavy atom. The fourth-order valence-electron chi connectivity index (χ4n) is 1.80. The molecule has 3 rings (SSSR count). The Kier molecular flexibility index (Phi) is 2.79. The van der Waals surface area contributed by atoms with Crippen LogP contribution in [0.1, 0.15) is 19.7 Å². The highest BCUT2D eigenvalue weighted by Crippen LogP contribution is 2.25. The zero-order valence-corrected chi connectivity index (χ0v) is 11.3. The number of methoxy groups -OCH3 is 1. The Morgan fingerprint density at radius 3 is 2.95 bits per heavy atom. The number of nitrogens with zero attached hydrogens (tertiary/aromatic N) is 4. The van der Waals surface area contributed by atoms with Crippen molar-refractivity contribution >= 4 is 5.52 Å². The molecule has 6 nitrogen and oxygen atoms in total. The van der Waals surface area contributed by atoms with Gasteiger partial charge in [0.15, 0.2) is 0 Å². The molecule has 0 aromatic carbocycles. The molecule has 3 aromatic rings. The fourth-order valence-corrected chi connectivity index (χ4v) is 1.80. The number of halogens is 1. The smallest absolute Gasteiger partial charge is 0.294 e. The lowest BCUT2D eigenvalue weighted by molar-refractivity contribution is 0.00973. The van der Waals surface area contributed by atoms with Crippen LogP contribution in [0.3, 0.4) is 0 Å². The van der Waals surface area contributed by atoms with Crippen molar-refractivity contribution in [3.63, 3.8) is 0 Å². The van der Waals surface area contributed by atoms with Gasteiger partial charge in [0.2, 0.25) is 11.6 Å². The topological polar surface area (TPSA) is 65.5 Å². The number of aromatic nitrogens is 4. The summed E-state index contributed by atoms with van der Waals surface area (Å²) in [7, 11) is 1.57. The minimum absolute atomic E-state index is 0.218. The normalized spacial score (nSPS) is 12.2. The second-order valence-electron chi connectivity index (χ2n) is 4.83. The van der Waals surface area contributed by atoms with Gasteiger partial charge in [0.05, 0.1) is 6.20 Å². The minimum atomic E-state index is -0.667. The van der Waals surface area contributed by atoms with Crippen LogP contribution in [-0.2, 0) is 10.3 Å². The van der Waals surface area contributed by atoms with E-state index in [4.69, 9.17) is 9.26 Å². The minimum Gasteiger partial charge on any atom is -0.371 e. The van der Waals surface area contributed by atoms with Crippen molar-refractivity contribution in [3.8, 4) is 11.7 Å². The maximum atomic E-state index is 13.6. The van der Waals surface area contributed by atoms with Crippen LogP contribution in [0.5, 0.6) is 0 Å². The maximum absolute atomic E-state index is 13.6. The standard InChI is InChI=1S/C13H13FN4O2/c1-13(2,19-3)12-16-11(20-17-12)10-15-7-9-8(14)5-4-6-18(9)10/h4-7H,1-3H3. The highest BCUT2D eigenvalue weighted by atomic mass is 19.1. The van der Waals surface area contributed by atoms with Crippen molar-refractivity contribution in [2.45, 2.75) is 19.4 Å². The third-order valence-corrected chi connectivity index (χ3v) is 3.19. The number of hydrogen-bond donors (Lipinski definition) is 0. The predicted molar refractivity (Wildman–Crippen MR) is 68.5 cm³/mol. The molecule has 20 heavy (non-hydrogen) atoms. The molecule has 0 atom stereocenters. The van der Waals surface area contributed by atoms with E-state index in [0.717, 1.165) is 0 Å². The Bertz CT molecular complexity index is 763. The molecule has 0 saturated heterocycles. The summed E-state index contributed by atoms with van der Waals surface area (Å²) in [6, 6.07) is 2.96. The molecular formula is C13H13FN4O2. The van der Waals surface area contributed by atoms with E-state index in [9.17, 15) is 4.39 Å².